The summed E-state index contributed by atoms with van der Waals surface area (Å²) in [5.41, 5.74) is 8.87. The molecule has 0 saturated carbocycles. The van der Waals surface area contributed by atoms with Gasteiger partial charge in [-0.1, -0.05) is 30.3 Å². The summed E-state index contributed by atoms with van der Waals surface area (Å²) in [7, 11) is 0. The predicted octanol–water partition coefficient (Wildman–Crippen LogP) is 5.32. The largest absolute Gasteiger partial charge is 0.264 e. The summed E-state index contributed by atoms with van der Waals surface area (Å²) in [6, 6.07) is 15.1. The average molecular weight is 357 g/mol. The van der Waals surface area contributed by atoms with Crippen LogP contribution in [-0.2, 0) is 38.5 Å². The molecule has 0 atom stereocenters. The van der Waals surface area contributed by atoms with Crippen molar-refractivity contribution in [2.24, 2.45) is 0 Å². The van der Waals surface area contributed by atoms with Crippen molar-refractivity contribution in [3.8, 4) is 0 Å². The Kier molecular flexibility index (Phi) is 5.93. The van der Waals surface area contributed by atoms with Gasteiger partial charge in [0.15, 0.2) is 0 Å². The quantitative estimate of drug-likeness (QED) is 0.545. The van der Waals surface area contributed by atoms with E-state index < -0.39 is 0 Å². The number of pyridine rings is 2. The van der Waals surface area contributed by atoms with Crippen LogP contribution in [0.2, 0.25) is 0 Å². The van der Waals surface area contributed by atoms with Crippen LogP contribution in [0.1, 0.15) is 52.8 Å². The zero-order valence-corrected chi connectivity index (χ0v) is 16.0. The third kappa shape index (κ3) is 4.63. The van der Waals surface area contributed by atoms with Gasteiger partial charge in [-0.05, 0) is 97.7 Å². The van der Waals surface area contributed by atoms with E-state index in [1.54, 1.807) is 11.1 Å². The Balaban J connectivity index is 0.0000001000. The first-order valence-corrected chi connectivity index (χ1v) is 10.3. The van der Waals surface area contributed by atoms with Crippen LogP contribution in [0.25, 0.3) is 0 Å². The normalized spacial score (nSPS) is 15.6. The Morgan fingerprint density at radius 3 is 1.81 bits per heavy atom. The third-order valence-electron chi connectivity index (χ3n) is 5.75. The molecule has 0 amide bonds. The number of fused-ring (bicyclic) bond motifs is 3. The summed E-state index contributed by atoms with van der Waals surface area (Å²) in [6.07, 6.45) is 17.3. The van der Waals surface area contributed by atoms with Crippen LogP contribution in [0.3, 0.4) is 0 Å². The molecule has 0 aliphatic heterocycles. The Hall–Kier alpha value is -2.48. The van der Waals surface area contributed by atoms with Crippen molar-refractivity contribution < 1.29 is 0 Å². The second-order valence-electron chi connectivity index (χ2n) is 7.58. The molecule has 0 radical (unpaired) electrons. The molecule has 0 bridgehead atoms. The predicted molar refractivity (Wildman–Crippen MR) is 111 cm³/mol. The molecule has 0 N–H and O–H groups in total. The van der Waals surface area contributed by atoms with Gasteiger partial charge < -0.3 is 0 Å². The zero-order valence-electron chi connectivity index (χ0n) is 16.0. The van der Waals surface area contributed by atoms with Crippen LogP contribution < -0.4 is 0 Å². The number of rotatable bonds is 0. The van der Waals surface area contributed by atoms with Crippen LogP contribution in [0, 0.1) is 0 Å². The summed E-state index contributed by atoms with van der Waals surface area (Å²) in [4.78, 5) is 8.32. The molecule has 3 aliphatic carbocycles. The maximum atomic E-state index is 4.26. The molecule has 138 valence electrons. The van der Waals surface area contributed by atoms with Gasteiger partial charge in [0.2, 0.25) is 0 Å². The van der Waals surface area contributed by atoms with E-state index in [4.69, 9.17) is 0 Å². The molecular formula is C25H28N2. The Morgan fingerprint density at radius 2 is 1.11 bits per heavy atom. The molecule has 27 heavy (non-hydrogen) atoms. The van der Waals surface area contributed by atoms with E-state index in [1.165, 1.54) is 80.2 Å². The minimum atomic E-state index is 1.19. The van der Waals surface area contributed by atoms with E-state index in [9.17, 15) is 0 Å². The van der Waals surface area contributed by atoms with Crippen LogP contribution in [0.4, 0.5) is 0 Å². The second kappa shape index (κ2) is 8.94. The fourth-order valence-corrected chi connectivity index (χ4v) is 4.28. The van der Waals surface area contributed by atoms with Gasteiger partial charge in [0.25, 0.3) is 0 Å². The molecule has 2 nitrogen and oxygen atoms in total. The lowest BCUT2D eigenvalue weighted by atomic mass is 10.1. The Bertz CT molecular complexity index is 698. The smallest absolute Gasteiger partial charge is 0.0435 e. The lowest BCUT2D eigenvalue weighted by Crippen LogP contribution is -1.83. The zero-order chi connectivity index (χ0) is 18.3. The second-order valence-corrected chi connectivity index (χ2v) is 7.58. The van der Waals surface area contributed by atoms with E-state index in [-0.39, 0.29) is 0 Å². The van der Waals surface area contributed by atoms with Gasteiger partial charge in [0.05, 0.1) is 0 Å². The van der Waals surface area contributed by atoms with Gasteiger partial charge in [0.1, 0.15) is 0 Å². The minimum absolute atomic E-state index is 1.19. The summed E-state index contributed by atoms with van der Waals surface area (Å²) in [6.45, 7) is 0. The molecule has 2 aromatic heterocycles. The molecule has 2 heterocycles. The molecule has 1 aromatic carbocycles. The van der Waals surface area contributed by atoms with Crippen LogP contribution in [0.15, 0.2) is 61.1 Å². The number of hydrogen-bond acceptors (Lipinski definition) is 2. The lowest BCUT2D eigenvalue weighted by Gasteiger charge is -1.93. The highest BCUT2D eigenvalue weighted by molar-refractivity contribution is 5.30. The summed E-state index contributed by atoms with van der Waals surface area (Å²) in [5, 5.41) is 0. The summed E-state index contributed by atoms with van der Waals surface area (Å²) in [5.74, 6) is 0. The molecule has 0 unspecified atom stereocenters. The maximum absolute atomic E-state index is 4.26. The molecule has 3 aliphatic rings. The highest BCUT2D eigenvalue weighted by Crippen LogP contribution is 2.20. The van der Waals surface area contributed by atoms with Gasteiger partial charge in [-0.2, -0.15) is 0 Å². The van der Waals surface area contributed by atoms with Gasteiger partial charge >= 0.3 is 0 Å². The number of aromatic nitrogens is 2. The molecule has 2 heteroatoms. The van der Waals surface area contributed by atoms with Crippen molar-refractivity contribution in [2.45, 2.75) is 57.8 Å². The van der Waals surface area contributed by atoms with E-state index >= 15 is 0 Å². The highest BCUT2D eigenvalue weighted by atomic mass is 14.7. The minimum Gasteiger partial charge on any atom is -0.264 e. The first-order valence-electron chi connectivity index (χ1n) is 10.3. The fraction of sp³-hybridized carbons (Fsp3) is 0.360. The average Bonchev–Trinajstić information content (AvgIpc) is 3.48. The Morgan fingerprint density at radius 1 is 0.519 bits per heavy atom. The van der Waals surface area contributed by atoms with Gasteiger partial charge in [-0.3, -0.25) is 9.97 Å². The van der Waals surface area contributed by atoms with E-state index in [0.717, 1.165) is 0 Å². The summed E-state index contributed by atoms with van der Waals surface area (Å²) >= 11 is 0. The van der Waals surface area contributed by atoms with Crippen molar-refractivity contribution in [3.05, 3.63) is 94.6 Å². The van der Waals surface area contributed by atoms with Gasteiger partial charge in [-0.25, -0.2) is 0 Å². The number of nitrogens with zero attached hydrogens (tertiary/aromatic N) is 2. The van der Waals surface area contributed by atoms with Crippen LogP contribution in [-0.4, -0.2) is 9.97 Å². The molecule has 0 fully saturated rings. The highest BCUT2D eigenvalue weighted by Gasteiger charge is 2.09. The lowest BCUT2D eigenvalue weighted by molar-refractivity contribution is 0.899. The number of benzene rings is 1. The van der Waals surface area contributed by atoms with Crippen molar-refractivity contribution >= 4 is 0 Å². The Labute approximate surface area is 162 Å². The SMILES string of the molecule is c1cc2c(cn1)CCC2.c1ccc2c(c1)CCC2.c1cnc2c(c1)CCC2. The molecule has 3 aromatic rings. The van der Waals surface area contributed by atoms with Crippen LogP contribution in [0.5, 0.6) is 0 Å². The topological polar surface area (TPSA) is 25.8 Å². The van der Waals surface area contributed by atoms with Crippen molar-refractivity contribution in [1.82, 2.24) is 9.97 Å². The van der Waals surface area contributed by atoms with Gasteiger partial charge in [-0.15, -0.1) is 0 Å². The van der Waals surface area contributed by atoms with Crippen molar-refractivity contribution in [3.63, 3.8) is 0 Å². The standard InChI is InChI=1S/C9H10.2C8H9N/c1-2-5-9-7-3-6-8(9)4-1;1-3-7-4-2-6-9-8(7)5-1;1-2-7-4-5-9-6-8(7)3-1/h1-2,4-5H,3,6-7H2;2,4,6H,1,3,5H2;4-6H,1-3H2. The van der Waals surface area contributed by atoms with Crippen molar-refractivity contribution in [1.29, 1.82) is 0 Å². The van der Waals surface area contributed by atoms with E-state index in [1.807, 2.05) is 24.7 Å². The third-order valence-corrected chi connectivity index (χ3v) is 5.75. The molecule has 6 rings (SSSR count). The first kappa shape index (κ1) is 17.9. The van der Waals surface area contributed by atoms with E-state index in [0.29, 0.717) is 0 Å². The summed E-state index contributed by atoms with van der Waals surface area (Å²) < 4.78 is 0. The molecule has 0 saturated heterocycles. The van der Waals surface area contributed by atoms with Crippen molar-refractivity contribution in [2.75, 3.05) is 0 Å². The monoisotopic (exact) mass is 356 g/mol. The number of hydrogen-bond donors (Lipinski definition) is 0. The first-order chi connectivity index (χ1) is 13.4. The fourth-order valence-electron chi connectivity index (χ4n) is 4.28. The number of aryl methyl sites for hydroxylation is 6. The molecular weight excluding hydrogens is 328 g/mol. The van der Waals surface area contributed by atoms with Gasteiger partial charge in [0, 0.05) is 24.3 Å². The van der Waals surface area contributed by atoms with Crippen LogP contribution >= 0.6 is 0 Å². The molecule has 0 spiro atoms. The van der Waals surface area contributed by atoms with E-state index in [2.05, 4.69) is 46.4 Å². The maximum Gasteiger partial charge on any atom is 0.0435 e.